The number of hydrogen-bond donors (Lipinski definition) is 1. The number of benzene rings is 2. The summed E-state index contributed by atoms with van der Waals surface area (Å²) in [7, 11) is -3.47. The minimum atomic E-state index is -3.47. The Balaban J connectivity index is 1.49. The molecule has 1 aromatic heterocycles. The van der Waals surface area contributed by atoms with Crippen molar-refractivity contribution in [2.24, 2.45) is 0 Å². The predicted molar refractivity (Wildman–Crippen MR) is 127 cm³/mol. The van der Waals surface area contributed by atoms with Gasteiger partial charge in [-0.15, -0.1) is 11.3 Å². The van der Waals surface area contributed by atoms with Crippen molar-refractivity contribution in [2.75, 3.05) is 18.8 Å². The second-order valence-corrected chi connectivity index (χ2v) is 10.7. The number of hydrogen-bond acceptors (Lipinski definition) is 6. The van der Waals surface area contributed by atoms with E-state index < -0.39 is 10.0 Å². The molecule has 1 N–H and O–H groups in total. The number of thioether (sulfide) groups is 1. The summed E-state index contributed by atoms with van der Waals surface area (Å²) in [5.74, 6) is 0.178. The summed E-state index contributed by atoms with van der Waals surface area (Å²) in [5, 5.41) is 4.86. The molecule has 0 aliphatic carbocycles. The lowest BCUT2D eigenvalue weighted by Gasteiger charge is -2.18. The van der Waals surface area contributed by atoms with Crippen molar-refractivity contribution >= 4 is 39.0 Å². The third-order valence-electron chi connectivity index (χ3n) is 4.64. The van der Waals surface area contributed by atoms with Crippen LogP contribution in [0.1, 0.15) is 19.4 Å². The van der Waals surface area contributed by atoms with Gasteiger partial charge in [-0.1, -0.05) is 68.1 Å². The molecule has 164 valence electrons. The van der Waals surface area contributed by atoms with Crippen molar-refractivity contribution in [2.45, 2.75) is 29.6 Å². The van der Waals surface area contributed by atoms with E-state index in [9.17, 15) is 13.2 Å². The molecular formula is C22H25N3O3S3. The molecule has 1 amide bonds. The number of carbonyl (C=O) groups excluding carboxylic acids is 1. The molecular weight excluding hydrogens is 450 g/mol. The van der Waals surface area contributed by atoms with E-state index in [4.69, 9.17) is 0 Å². The second kappa shape index (κ2) is 10.9. The van der Waals surface area contributed by atoms with Gasteiger partial charge in [0, 0.05) is 30.6 Å². The lowest BCUT2D eigenvalue weighted by molar-refractivity contribution is -0.118. The zero-order valence-electron chi connectivity index (χ0n) is 17.4. The molecule has 0 saturated carbocycles. The predicted octanol–water partition coefficient (Wildman–Crippen LogP) is 4.25. The van der Waals surface area contributed by atoms with E-state index in [2.05, 4.69) is 10.3 Å². The van der Waals surface area contributed by atoms with E-state index in [1.54, 1.807) is 24.3 Å². The zero-order chi connectivity index (χ0) is 22.3. The first kappa shape index (κ1) is 23.5. The molecule has 31 heavy (non-hydrogen) atoms. The molecule has 0 spiro atoms. The SMILES string of the molecule is CCN(CC)S(=O)(=O)c1ccc(CNC(=O)CSc2nc(-c3ccccc3)cs2)cc1. The smallest absolute Gasteiger partial charge is 0.243 e. The maximum atomic E-state index is 12.5. The largest absolute Gasteiger partial charge is 0.351 e. The van der Waals surface area contributed by atoms with Gasteiger partial charge in [-0.05, 0) is 17.7 Å². The Morgan fingerprint density at radius 3 is 2.39 bits per heavy atom. The number of nitrogens with one attached hydrogen (secondary N) is 1. The molecule has 0 saturated heterocycles. The summed E-state index contributed by atoms with van der Waals surface area (Å²) in [6, 6.07) is 16.6. The van der Waals surface area contributed by atoms with Crippen LogP contribution < -0.4 is 5.32 Å². The molecule has 1 heterocycles. The van der Waals surface area contributed by atoms with Crippen LogP contribution in [0, 0.1) is 0 Å². The minimum absolute atomic E-state index is 0.0960. The topological polar surface area (TPSA) is 79.4 Å². The Bertz CT molecular complexity index is 1090. The molecule has 0 aliphatic heterocycles. The van der Waals surface area contributed by atoms with Crippen LogP contribution in [0.25, 0.3) is 11.3 Å². The van der Waals surface area contributed by atoms with Gasteiger partial charge >= 0.3 is 0 Å². The van der Waals surface area contributed by atoms with E-state index in [1.165, 1.54) is 27.4 Å². The fourth-order valence-electron chi connectivity index (χ4n) is 2.94. The molecule has 0 atom stereocenters. The van der Waals surface area contributed by atoms with Gasteiger partial charge in [0.1, 0.15) is 0 Å². The summed E-state index contributed by atoms with van der Waals surface area (Å²) in [4.78, 5) is 17.0. The Hall–Kier alpha value is -2.20. The fourth-order valence-corrected chi connectivity index (χ4v) is 6.06. The van der Waals surface area contributed by atoms with Gasteiger partial charge in [-0.2, -0.15) is 4.31 Å². The van der Waals surface area contributed by atoms with E-state index in [1.807, 2.05) is 49.6 Å². The van der Waals surface area contributed by atoms with Crippen LogP contribution in [0.4, 0.5) is 0 Å². The maximum Gasteiger partial charge on any atom is 0.243 e. The summed E-state index contributed by atoms with van der Waals surface area (Å²) >= 11 is 2.93. The van der Waals surface area contributed by atoms with Gasteiger partial charge < -0.3 is 5.32 Å². The average Bonchev–Trinajstić information content (AvgIpc) is 3.27. The van der Waals surface area contributed by atoms with Crippen LogP contribution in [0.3, 0.4) is 0 Å². The minimum Gasteiger partial charge on any atom is -0.351 e. The average molecular weight is 476 g/mol. The maximum absolute atomic E-state index is 12.5. The van der Waals surface area contributed by atoms with Crippen molar-refractivity contribution in [3.05, 3.63) is 65.5 Å². The zero-order valence-corrected chi connectivity index (χ0v) is 19.9. The van der Waals surface area contributed by atoms with Gasteiger partial charge in [0.15, 0.2) is 4.34 Å². The normalized spacial score (nSPS) is 11.6. The second-order valence-electron chi connectivity index (χ2n) is 6.66. The van der Waals surface area contributed by atoms with Crippen LogP contribution in [-0.2, 0) is 21.4 Å². The highest BCUT2D eigenvalue weighted by Gasteiger charge is 2.21. The highest BCUT2D eigenvalue weighted by molar-refractivity contribution is 8.01. The Labute approximate surface area is 191 Å². The molecule has 3 rings (SSSR count). The van der Waals surface area contributed by atoms with Crippen molar-refractivity contribution < 1.29 is 13.2 Å². The monoisotopic (exact) mass is 475 g/mol. The molecule has 3 aromatic rings. The van der Waals surface area contributed by atoms with Gasteiger partial charge in [0.25, 0.3) is 0 Å². The van der Waals surface area contributed by atoms with E-state index >= 15 is 0 Å². The fraction of sp³-hybridized carbons (Fsp3) is 0.273. The van der Waals surface area contributed by atoms with Crippen LogP contribution in [0.2, 0.25) is 0 Å². The van der Waals surface area contributed by atoms with Crippen molar-refractivity contribution in [1.29, 1.82) is 0 Å². The first-order valence-electron chi connectivity index (χ1n) is 9.93. The van der Waals surface area contributed by atoms with Gasteiger partial charge in [0.2, 0.25) is 15.9 Å². The number of thiazole rings is 1. The van der Waals surface area contributed by atoms with Crippen LogP contribution in [0.5, 0.6) is 0 Å². The number of carbonyl (C=O) groups is 1. The lowest BCUT2D eigenvalue weighted by atomic mass is 10.2. The third kappa shape index (κ3) is 6.16. The molecule has 0 bridgehead atoms. The molecule has 0 radical (unpaired) electrons. The number of amides is 1. The Morgan fingerprint density at radius 1 is 1.06 bits per heavy atom. The van der Waals surface area contributed by atoms with E-state index in [0.29, 0.717) is 19.6 Å². The third-order valence-corrected chi connectivity index (χ3v) is 8.72. The molecule has 0 fully saturated rings. The molecule has 0 unspecified atom stereocenters. The molecule has 6 nitrogen and oxygen atoms in total. The first-order chi connectivity index (χ1) is 14.9. The standard InChI is InChI=1S/C22H25N3O3S3/c1-3-25(4-2)31(27,28)19-12-10-17(11-13-19)14-23-21(26)16-30-22-24-20(15-29-22)18-8-6-5-7-9-18/h5-13,15H,3-4,14,16H2,1-2H3,(H,23,26). The van der Waals surface area contributed by atoms with Gasteiger partial charge in [-0.25, -0.2) is 13.4 Å². The summed E-state index contributed by atoms with van der Waals surface area (Å²) in [5.41, 5.74) is 2.81. The van der Waals surface area contributed by atoms with Crippen LogP contribution >= 0.6 is 23.1 Å². The quantitative estimate of drug-likeness (QED) is 0.444. The highest BCUT2D eigenvalue weighted by Crippen LogP contribution is 2.28. The van der Waals surface area contributed by atoms with E-state index in [0.717, 1.165) is 21.2 Å². The number of sulfonamides is 1. The van der Waals surface area contributed by atoms with Crippen molar-refractivity contribution in [3.63, 3.8) is 0 Å². The van der Waals surface area contributed by atoms with Gasteiger partial charge in [-0.3, -0.25) is 4.79 Å². The van der Waals surface area contributed by atoms with Crippen LogP contribution in [-0.4, -0.2) is 42.5 Å². The number of rotatable bonds is 10. The van der Waals surface area contributed by atoms with Gasteiger partial charge in [0.05, 0.1) is 16.3 Å². The first-order valence-corrected chi connectivity index (χ1v) is 13.2. The summed E-state index contributed by atoms with van der Waals surface area (Å²) in [6.07, 6.45) is 0. The number of nitrogens with zero attached hydrogens (tertiary/aromatic N) is 2. The highest BCUT2D eigenvalue weighted by atomic mass is 32.2. The number of aromatic nitrogens is 1. The summed E-state index contributed by atoms with van der Waals surface area (Å²) < 4.78 is 27.3. The lowest BCUT2D eigenvalue weighted by Crippen LogP contribution is -2.30. The van der Waals surface area contributed by atoms with E-state index in [-0.39, 0.29) is 16.6 Å². The van der Waals surface area contributed by atoms with Crippen molar-refractivity contribution in [3.8, 4) is 11.3 Å². The van der Waals surface area contributed by atoms with Crippen LogP contribution in [0.15, 0.2) is 69.2 Å². The summed E-state index contributed by atoms with van der Waals surface area (Å²) in [6.45, 7) is 4.84. The molecule has 0 aliphatic rings. The Kier molecular flexibility index (Phi) is 8.25. The van der Waals surface area contributed by atoms with Crippen molar-refractivity contribution in [1.82, 2.24) is 14.6 Å². The molecule has 2 aromatic carbocycles. The molecule has 9 heteroatoms. The Morgan fingerprint density at radius 2 is 1.74 bits per heavy atom.